The maximum absolute atomic E-state index is 2.57. The smallest absolute Gasteiger partial charge is 1.00 e. The average molecular weight is 784 g/mol. The first-order valence-electron chi connectivity index (χ1n) is 21.7. The van der Waals surface area contributed by atoms with Crippen molar-refractivity contribution in [3.8, 4) is 0 Å². The number of unbranched alkanes of at least 4 members (excludes halogenated alkanes) is 30. The van der Waals surface area contributed by atoms with Gasteiger partial charge in [0.05, 0.1) is 0 Å². The van der Waals surface area contributed by atoms with Gasteiger partial charge in [-0.15, -0.1) is 0 Å². The zero-order chi connectivity index (χ0) is 33.2. The summed E-state index contributed by atoms with van der Waals surface area (Å²) in [5.74, 6) is 0. The predicted octanol–water partition coefficient (Wildman–Crippen LogP) is 11.2. The molecule has 0 aliphatic rings. The fraction of sp³-hybridized carbons (Fsp3) is 0.867. The molecule has 0 atom stereocenters. The van der Waals surface area contributed by atoms with E-state index in [2.05, 4.69) is 32.9 Å². The molecule has 0 unspecified atom stereocenters. The Balaban J connectivity index is 0.0000212. The molecule has 1 aromatic carbocycles. The molecule has 278 valence electrons. The van der Waals surface area contributed by atoms with Gasteiger partial charge in [-0.3, -0.25) is 0 Å². The predicted molar refractivity (Wildman–Crippen MR) is 217 cm³/mol. The van der Waals surface area contributed by atoms with Gasteiger partial charge in [-0.1, -0.05) is 78.6 Å². The summed E-state index contributed by atoms with van der Waals surface area (Å²) in [6, 6.07) is 5.13. The van der Waals surface area contributed by atoms with Crippen LogP contribution >= 0.6 is 0 Å². The van der Waals surface area contributed by atoms with Crippen molar-refractivity contribution >= 4 is 26.5 Å². The molecule has 0 heterocycles. The maximum atomic E-state index is 2.57. The Morgan fingerprint density at radius 3 is 0.894 bits per heavy atom. The number of hydrogen-bond donors (Lipinski definition) is 0. The fourth-order valence-electron chi connectivity index (χ4n) is 7.56. The Kier molecular flexibility index (Phi) is 37.8. The van der Waals surface area contributed by atoms with Crippen molar-refractivity contribution in [1.82, 2.24) is 0 Å². The van der Waals surface area contributed by atoms with E-state index in [4.69, 9.17) is 0 Å². The summed E-state index contributed by atoms with van der Waals surface area (Å²) in [5.41, 5.74) is 5.40. The minimum Gasteiger partial charge on any atom is -1.00 e. The Morgan fingerprint density at radius 1 is 0.319 bits per heavy atom. The second-order valence-corrected chi connectivity index (χ2v) is 17.4. The summed E-state index contributed by atoms with van der Waals surface area (Å²) in [6.45, 7) is 6.96. The molecule has 0 bridgehead atoms. The van der Waals surface area contributed by atoms with Gasteiger partial charge < -0.3 is 12.4 Å². The summed E-state index contributed by atoms with van der Waals surface area (Å²) in [4.78, 5) is 0. The third kappa shape index (κ3) is 28.7. The van der Waals surface area contributed by atoms with E-state index in [0.29, 0.717) is 0 Å². The van der Waals surface area contributed by atoms with Gasteiger partial charge in [0.15, 0.2) is 0 Å². The molecule has 0 aromatic heterocycles. The van der Waals surface area contributed by atoms with E-state index in [1.165, 1.54) is 231 Å². The third-order valence-corrected chi connectivity index (χ3v) is 12.6. The van der Waals surface area contributed by atoms with Crippen LogP contribution in [0, 0.1) is 0 Å². The van der Waals surface area contributed by atoms with E-state index in [-0.39, 0.29) is 12.4 Å². The van der Waals surface area contributed by atoms with Crippen LogP contribution in [0.2, 0.25) is 0 Å². The molecule has 1 rings (SSSR count). The van der Waals surface area contributed by atoms with E-state index < -0.39 is 0 Å². The molecule has 0 spiro atoms. The molecule has 0 aliphatic carbocycles. The summed E-state index contributed by atoms with van der Waals surface area (Å²) >= 11 is 0.943. The van der Waals surface area contributed by atoms with Crippen LogP contribution in [0.4, 0.5) is 0 Å². The van der Waals surface area contributed by atoms with Gasteiger partial charge >= 0.3 is 229 Å². The van der Waals surface area contributed by atoms with Crippen LogP contribution < -0.4 is 15.9 Å². The van der Waals surface area contributed by atoms with Crippen LogP contribution in [0.3, 0.4) is 0 Å². The molecule has 0 saturated heterocycles. The first-order valence-corrected chi connectivity index (χ1v) is 23.7. The number of rotatable bonds is 36. The third-order valence-electron chi connectivity index (χ3n) is 10.7. The van der Waals surface area contributed by atoms with Crippen molar-refractivity contribution in [2.45, 2.75) is 252 Å². The SMILES string of the molecule is CCCCCCCCCCCCCc1cc[c]([SbH3+])c(CCCCCCCCCCCCC)c1CCCCCCCCCCCCC.[Cl-]. The molecule has 0 amide bonds. The van der Waals surface area contributed by atoms with E-state index in [9.17, 15) is 0 Å². The molecule has 0 fully saturated rings. The van der Waals surface area contributed by atoms with Crippen molar-refractivity contribution in [3.05, 3.63) is 28.8 Å². The Bertz CT molecular complexity index is 759. The van der Waals surface area contributed by atoms with Crippen molar-refractivity contribution in [2.24, 2.45) is 0 Å². The van der Waals surface area contributed by atoms with Crippen LogP contribution in [0.1, 0.15) is 249 Å². The first-order chi connectivity index (χ1) is 22.7. The molecule has 0 nitrogen and oxygen atoms in total. The second-order valence-electron chi connectivity index (χ2n) is 15.2. The van der Waals surface area contributed by atoms with E-state index in [1.807, 2.05) is 11.1 Å². The van der Waals surface area contributed by atoms with E-state index in [1.54, 1.807) is 9.07 Å². The van der Waals surface area contributed by atoms with Crippen LogP contribution in [0.25, 0.3) is 0 Å². The van der Waals surface area contributed by atoms with Gasteiger partial charge in [-0.25, -0.2) is 0 Å². The number of halogens is 1. The van der Waals surface area contributed by atoms with Gasteiger partial charge in [-0.2, -0.15) is 0 Å². The molecular formula is C45H86ClSb. The summed E-state index contributed by atoms with van der Waals surface area (Å²) in [7, 11) is 0. The Labute approximate surface area is 317 Å². The minimum absolute atomic E-state index is 0. The normalized spacial score (nSPS) is 11.4. The van der Waals surface area contributed by atoms with Crippen LogP contribution in [0.5, 0.6) is 0 Å². The molecule has 0 radical (unpaired) electrons. The second kappa shape index (κ2) is 37.6. The molecule has 0 saturated carbocycles. The average Bonchev–Trinajstić information content (AvgIpc) is 3.06. The Morgan fingerprint density at radius 2 is 0.574 bits per heavy atom. The van der Waals surface area contributed by atoms with Gasteiger partial charge in [0.1, 0.15) is 0 Å². The zero-order valence-electron chi connectivity index (χ0n) is 32.7. The van der Waals surface area contributed by atoms with Crippen LogP contribution in [-0.2, 0) is 19.3 Å². The summed E-state index contributed by atoms with van der Waals surface area (Å²) in [6.07, 6.45) is 51.8. The Hall–Kier alpha value is 0.328. The summed E-state index contributed by atoms with van der Waals surface area (Å²) < 4.78 is 1.75. The van der Waals surface area contributed by atoms with Crippen LogP contribution in [-0.4, -0.2) is 23.0 Å². The molecule has 2 heteroatoms. The van der Waals surface area contributed by atoms with Gasteiger partial charge in [-0.05, 0) is 0 Å². The molecule has 0 aliphatic heterocycles. The minimum atomic E-state index is 0. The zero-order valence-corrected chi connectivity index (χ0v) is 37.5. The van der Waals surface area contributed by atoms with E-state index >= 15 is 0 Å². The van der Waals surface area contributed by atoms with Crippen molar-refractivity contribution in [1.29, 1.82) is 0 Å². The van der Waals surface area contributed by atoms with Gasteiger partial charge in [0, 0.05) is 0 Å². The topological polar surface area (TPSA) is 0 Å². The monoisotopic (exact) mass is 783 g/mol. The molecule has 1 aromatic rings. The standard InChI is InChI=1S/C45H83.ClH.Sb.3H/c1-4-7-10-13-16-19-22-25-28-31-34-38-43-40-37-41-44(39-35-32-29-26-23-20-17-14-11-8-5-2)45(43)42-36-33-30-27-24-21-18-15-12-9-6-3;;;;;/h37,40H,4-36,38-39,42H2,1-3H3;1H;;;;/q;;+1;;;/p-1. The fourth-order valence-corrected chi connectivity index (χ4v) is 9.01. The molecule has 0 N–H and O–H groups in total. The first kappa shape index (κ1) is 47.3. The van der Waals surface area contributed by atoms with E-state index in [0.717, 1.165) is 23.0 Å². The van der Waals surface area contributed by atoms with Crippen LogP contribution in [0.15, 0.2) is 12.1 Å². The van der Waals surface area contributed by atoms with Gasteiger partial charge in [0.2, 0.25) is 0 Å². The van der Waals surface area contributed by atoms with Crippen molar-refractivity contribution in [2.75, 3.05) is 0 Å². The number of aryl methyl sites for hydroxylation is 1. The number of hydrogen-bond acceptors (Lipinski definition) is 0. The molecular weight excluding hydrogens is 698 g/mol. The van der Waals surface area contributed by atoms with Crippen molar-refractivity contribution in [3.63, 3.8) is 0 Å². The van der Waals surface area contributed by atoms with Gasteiger partial charge in [0.25, 0.3) is 0 Å². The number of benzene rings is 1. The summed E-state index contributed by atoms with van der Waals surface area (Å²) in [5, 5.41) is 0. The quantitative estimate of drug-likeness (QED) is 0.0470. The molecule has 47 heavy (non-hydrogen) atoms. The van der Waals surface area contributed by atoms with Crippen molar-refractivity contribution < 1.29 is 12.4 Å².